The molecule has 0 amide bonds. The number of aliphatic hydroxyl groups excluding tert-OH is 1. The minimum absolute atomic E-state index is 0.105. The molecule has 0 aliphatic heterocycles. The Hall–Kier alpha value is -1.94. The van der Waals surface area contributed by atoms with Gasteiger partial charge in [0.25, 0.3) is 0 Å². The Morgan fingerprint density at radius 2 is 0.548 bits per heavy atom. The highest BCUT2D eigenvalue weighted by Gasteiger charge is 2.30. The van der Waals surface area contributed by atoms with Crippen molar-refractivity contribution < 1.29 is 80.2 Å². The third-order valence-electron chi connectivity index (χ3n) is 15.0. The van der Waals surface area contributed by atoms with Crippen molar-refractivity contribution in [2.75, 3.05) is 39.6 Å². The Labute approximate surface area is 511 Å². The highest BCUT2D eigenvalue weighted by molar-refractivity contribution is 7.47. The van der Waals surface area contributed by atoms with Crippen molar-refractivity contribution >= 4 is 39.5 Å². The first-order valence-electron chi connectivity index (χ1n) is 34.0. The monoisotopic (exact) mass is 1240 g/mol. The molecule has 0 saturated carbocycles. The molecule has 84 heavy (non-hydrogen) atoms. The number of ether oxygens (including phenoxy) is 4. The fourth-order valence-electron chi connectivity index (χ4n) is 9.71. The van der Waals surface area contributed by atoms with Crippen molar-refractivity contribution in [2.24, 2.45) is 11.8 Å². The summed E-state index contributed by atoms with van der Waals surface area (Å²) < 4.78 is 68.0. The third kappa shape index (κ3) is 59.0. The zero-order valence-electron chi connectivity index (χ0n) is 54.2. The van der Waals surface area contributed by atoms with Crippen LogP contribution in [-0.4, -0.2) is 96.7 Å². The first-order valence-corrected chi connectivity index (χ1v) is 37.0. The highest BCUT2D eigenvalue weighted by Crippen LogP contribution is 2.45. The van der Waals surface area contributed by atoms with Crippen molar-refractivity contribution in [3.05, 3.63) is 0 Å². The SMILES string of the molecule is CCCCCCCCCCCCCCC(=O)O[C@H](COC(=O)CCCCCCCCC)COP(=O)(O)OC[C@H](O)COP(=O)(O)OC[C@@H](COC(=O)CCCCCCCCCCCC(C)C)OC(=O)CCCCCCCCCCCCC(C)C. The molecule has 0 aromatic heterocycles. The van der Waals surface area contributed by atoms with Gasteiger partial charge in [0.2, 0.25) is 0 Å². The summed E-state index contributed by atoms with van der Waals surface area (Å²) in [5.74, 6) is -0.639. The molecule has 0 saturated heterocycles. The van der Waals surface area contributed by atoms with Crippen LogP contribution in [0.25, 0.3) is 0 Å². The standard InChI is InChI=1S/C65H126O17P2/c1-7-9-11-13-15-16-17-18-24-31-37-43-49-64(69)81-60(53-75-62(67)47-41-35-27-14-12-10-8-2)55-79-83(71,72)77-51-59(66)52-78-84(73,74)80-56-61(54-76-63(68)48-42-36-30-26-21-23-29-34-40-46-58(5)6)82-65(70)50-44-38-32-25-20-19-22-28-33-39-45-57(3)4/h57-61,66H,7-56H2,1-6H3,(H,71,72)(H,73,74)/t59-,60+,61+/m0/s1. The van der Waals surface area contributed by atoms with Crippen LogP contribution in [0.3, 0.4) is 0 Å². The summed E-state index contributed by atoms with van der Waals surface area (Å²) in [6, 6.07) is 0. The second-order valence-corrected chi connectivity index (χ2v) is 27.4. The second kappa shape index (κ2) is 57.5. The lowest BCUT2D eigenvalue weighted by Crippen LogP contribution is -2.30. The van der Waals surface area contributed by atoms with Crippen LogP contribution in [0.15, 0.2) is 0 Å². The zero-order valence-corrected chi connectivity index (χ0v) is 56.0. The van der Waals surface area contributed by atoms with Gasteiger partial charge in [0.15, 0.2) is 12.2 Å². The predicted octanol–water partition coefficient (Wildman–Crippen LogP) is 18.0. The number of carbonyl (C=O) groups excluding carboxylic acids is 4. The number of hydrogen-bond donors (Lipinski definition) is 3. The van der Waals surface area contributed by atoms with Gasteiger partial charge in [0.05, 0.1) is 26.4 Å². The van der Waals surface area contributed by atoms with Gasteiger partial charge < -0.3 is 33.8 Å². The van der Waals surface area contributed by atoms with Gasteiger partial charge in [-0.25, -0.2) is 9.13 Å². The van der Waals surface area contributed by atoms with Crippen LogP contribution >= 0.6 is 15.6 Å². The van der Waals surface area contributed by atoms with Crippen molar-refractivity contribution in [1.29, 1.82) is 0 Å². The van der Waals surface area contributed by atoms with E-state index >= 15 is 0 Å². The lowest BCUT2D eigenvalue weighted by Gasteiger charge is -2.21. The molecule has 19 heteroatoms. The van der Waals surface area contributed by atoms with Crippen LogP contribution in [-0.2, 0) is 65.4 Å². The largest absolute Gasteiger partial charge is 0.472 e. The molecule has 0 fully saturated rings. The quantitative estimate of drug-likeness (QED) is 0.0222. The number of phosphoric acid groups is 2. The molecule has 0 aliphatic rings. The third-order valence-corrected chi connectivity index (χ3v) is 16.9. The van der Waals surface area contributed by atoms with Crippen molar-refractivity contribution in [3.8, 4) is 0 Å². The van der Waals surface area contributed by atoms with Gasteiger partial charge in [0.1, 0.15) is 19.3 Å². The fourth-order valence-corrected chi connectivity index (χ4v) is 11.3. The summed E-state index contributed by atoms with van der Waals surface area (Å²) in [5.41, 5.74) is 0. The maximum absolute atomic E-state index is 13.0. The molecule has 498 valence electrons. The molecule has 0 bridgehead atoms. The average Bonchev–Trinajstić information content (AvgIpc) is 3.46. The summed E-state index contributed by atoms with van der Waals surface area (Å²) in [7, 11) is -9.89. The number of hydrogen-bond acceptors (Lipinski definition) is 15. The molecule has 0 radical (unpaired) electrons. The number of esters is 4. The molecule has 0 aromatic rings. The number of unbranched alkanes of at least 4 members (excludes halogenated alkanes) is 34. The Morgan fingerprint density at radius 3 is 0.810 bits per heavy atom. The fraction of sp³-hybridized carbons (Fsp3) is 0.938. The van der Waals surface area contributed by atoms with E-state index < -0.39 is 97.5 Å². The molecule has 17 nitrogen and oxygen atoms in total. The summed E-state index contributed by atoms with van der Waals surface area (Å²) in [6.45, 7) is 9.44. The number of carbonyl (C=O) groups is 4. The van der Waals surface area contributed by atoms with Crippen molar-refractivity contribution in [2.45, 2.75) is 342 Å². The molecular formula is C65H126O17P2. The van der Waals surface area contributed by atoms with E-state index in [1.807, 2.05) is 0 Å². The van der Waals surface area contributed by atoms with E-state index in [0.717, 1.165) is 115 Å². The summed E-state index contributed by atoms with van der Waals surface area (Å²) in [5, 5.41) is 10.5. The molecular weight excluding hydrogens is 1110 g/mol. The van der Waals surface area contributed by atoms with Gasteiger partial charge in [-0.05, 0) is 37.5 Å². The van der Waals surface area contributed by atoms with Crippen LogP contribution in [0.1, 0.15) is 324 Å². The van der Waals surface area contributed by atoms with Gasteiger partial charge in [-0.1, -0.05) is 273 Å². The van der Waals surface area contributed by atoms with E-state index in [0.29, 0.717) is 25.7 Å². The highest BCUT2D eigenvalue weighted by atomic mass is 31.2. The first kappa shape index (κ1) is 82.1. The van der Waals surface area contributed by atoms with E-state index in [-0.39, 0.29) is 25.7 Å². The van der Waals surface area contributed by atoms with Gasteiger partial charge in [-0.3, -0.25) is 37.3 Å². The molecule has 3 N–H and O–H groups in total. The Morgan fingerprint density at radius 1 is 0.321 bits per heavy atom. The topological polar surface area (TPSA) is 237 Å². The smallest absolute Gasteiger partial charge is 0.462 e. The van der Waals surface area contributed by atoms with E-state index in [9.17, 15) is 43.2 Å². The minimum Gasteiger partial charge on any atom is -0.462 e. The zero-order chi connectivity index (χ0) is 62.2. The lowest BCUT2D eigenvalue weighted by atomic mass is 10.0. The van der Waals surface area contributed by atoms with Gasteiger partial charge >= 0.3 is 39.5 Å². The van der Waals surface area contributed by atoms with Crippen LogP contribution in [0.2, 0.25) is 0 Å². The average molecular weight is 1240 g/mol. The summed E-state index contributed by atoms with van der Waals surface area (Å²) >= 11 is 0. The van der Waals surface area contributed by atoms with Crippen molar-refractivity contribution in [1.82, 2.24) is 0 Å². The second-order valence-electron chi connectivity index (χ2n) is 24.5. The molecule has 0 spiro atoms. The maximum atomic E-state index is 13.0. The van der Waals surface area contributed by atoms with Crippen molar-refractivity contribution in [3.63, 3.8) is 0 Å². The molecule has 5 atom stereocenters. The maximum Gasteiger partial charge on any atom is 0.472 e. The predicted molar refractivity (Wildman–Crippen MR) is 335 cm³/mol. The summed E-state index contributed by atoms with van der Waals surface area (Å²) in [6.07, 6.45) is 40.3. The normalized spacial score (nSPS) is 14.3. The minimum atomic E-state index is -4.95. The molecule has 0 heterocycles. The van der Waals surface area contributed by atoms with Gasteiger partial charge in [0, 0.05) is 25.7 Å². The summed E-state index contributed by atoms with van der Waals surface area (Å²) in [4.78, 5) is 72.2. The Balaban J connectivity index is 5.22. The van der Waals surface area contributed by atoms with E-state index in [1.165, 1.54) is 128 Å². The van der Waals surface area contributed by atoms with E-state index in [2.05, 4.69) is 41.5 Å². The Bertz CT molecular complexity index is 1650. The number of rotatable bonds is 64. The van der Waals surface area contributed by atoms with Gasteiger partial charge in [-0.15, -0.1) is 0 Å². The van der Waals surface area contributed by atoms with Crippen LogP contribution in [0, 0.1) is 11.8 Å². The van der Waals surface area contributed by atoms with E-state index in [1.54, 1.807) is 0 Å². The molecule has 0 aliphatic carbocycles. The van der Waals surface area contributed by atoms with Crippen LogP contribution in [0.4, 0.5) is 0 Å². The molecule has 0 aromatic carbocycles. The number of phosphoric ester groups is 2. The first-order chi connectivity index (χ1) is 40.4. The van der Waals surface area contributed by atoms with Crippen LogP contribution < -0.4 is 0 Å². The lowest BCUT2D eigenvalue weighted by molar-refractivity contribution is -0.161. The van der Waals surface area contributed by atoms with Crippen LogP contribution in [0.5, 0.6) is 0 Å². The van der Waals surface area contributed by atoms with E-state index in [4.69, 9.17) is 37.0 Å². The molecule has 0 rings (SSSR count). The molecule has 2 unspecified atom stereocenters. The van der Waals surface area contributed by atoms with Gasteiger partial charge in [-0.2, -0.15) is 0 Å². The Kier molecular flexibility index (Phi) is 56.2. The number of aliphatic hydroxyl groups is 1.